The molecule has 1 amide bonds. The Balaban J connectivity index is 1.80. The van der Waals surface area contributed by atoms with Gasteiger partial charge in [0.2, 0.25) is 0 Å². The summed E-state index contributed by atoms with van der Waals surface area (Å²) in [5, 5.41) is 5.62. The van der Waals surface area contributed by atoms with Crippen LogP contribution in [0.1, 0.15) is 41.3 Å². The quantitative estimate of drug-likeness (QED) is 0.384. The van der Waals surface area contributed by atoms with Gasteiger partial charge in [0.05, 0.1) is 12.2 Å². The van der Waals surface area contributed by atoms with Crippen LogP contribution in [0.15, 0.2) is 42.5 Å². The number of rotatable bonds is 8. The van der Waals surface area contributed by atoms with Crippen molar-refractivity contribution in [2.75, 3.05) is 18.5 Å². The van der Waals surface area contributed by atoms with E-state index in [1.54, 1.807) is 24.3 Å². The van der Waals surface area contributed by atoms with Crippen LogP contribution in [-0.2, 0) is 9.53 Å². The number of esters is 1. The molecule has 0 atom stereocenters. The highest BCUT2D eigenvalue weighted by Crippen LogP contribution is 2.18. The largest absolute Gasteiger partial charge is 0.483 e. The minimum atomic E-state index is -0.362. The van der Waals surface area contributed by atoms with E-state index in [2.05, 4.69) is 10.6 Å². The number of amides is 1. The maximum absolute atomic E-state index is 12.1. The smallest absolute Gasteiger partial charge is 0.338 e. The maximum atomic E-state index is 12.1. The molecule has 0 radical (unpaired) electrons. The molecule has 7 heteroatoms. The lowest BCUT2D eigenvalue weighted by molar-refractivity contribution is -0.121. The van der Waals surface area contributed by atoms with Crippen LogP contribution in [-0.4, -0.2) is 30.2 Å². The molecular weight excluding hydrogens is 388 g/mol. The van der Waals surface area contributed by atoms with E-state index >= 15 is 0 Å². The summed E-state index contributed by atoms with van der Waals surface area (Å²) < 4.78 is 10.7. The van der Waals surface area contributed by atoms with Gasteiger partial charge in [-0.2, -0.15) is 0 Å². The first-order valence-electron chi connectivity index (χ1n) is 9.47. The molecule has 6 nitrogen and oxygen atoms in total. The van der Waals surface area contributed by atoms with E-state index in [0.717, 1.165) is 24.0 Å². The van der Waals surface area contributed by atoms with Gasteiger partial charge in [-0.1, -0.05) is 25.5 Å². The Labute approximate surface area is 176 Å². The Morgan fingerprint density at radius 1 is 1.07 bits per heavy atom. The highest BCUT2D eigenvalue weighted by atomic mass is 32.1. The van der Waals surface area contributed by atoms with Crippen molar-refractivity contribution >= 4 is 34.9 Å². The van der Waals surface area contributed by atoms with Crippen LogP contribution in [0, 0.1) is 13.8 Å². The van der Waals surface area contributed by atoms with Crippen LogP contribution in [0.4, 0.5) is 5.69 Å². The fraction of sp³-hybridized carbons (Fsp3) is 0.318. The molecule has 29 heavy (non-hydrogen) atoms. The number of thiocarbonyl (C=S) groups is 1. The van der Waals surface area contributed by atoms with Gasteiger partial charge < -0.3 is 14.8 Å². The van der Waals surface area contributed by atoms with Gasteiger partial charge in [0.25, 0.3) is 5.91 Å². The van der Waals surface area contributed by atoms with Gasteiger partial charge in [0.1, 0.15) is 5.75 Å². The second kappa shape index (κ2) is 11.2. The number of aryl methyl sites for hydroxylation is 2. The predicted octanol–water partition coefficient (Wildman–Crippen LogP) is 4.15. The molecule has 0 spiro atoms. The standard InChI is InChI=1S/C22H26N2O4S/c1-4-5-12-27-21(26)17-8-10-18(11-9-17)23-22(29)24-20(25)14-28-19-13-15(2)6-7-16(19)3/h6-11,13H,4-5,12,14H2,1-3H3,(H2,23,24,25,29). The molecule has 0 heterocycles. The van der Waals surface area contributed by atoms with Gasteiger partial charge in [0.15, 0.2) is 11.7 Å². The number of carbonyl (C=O) groups excluding carboxylic acids is 2. The van der Waals surface area contributed by atoms with Gasteiger partial charge in [-0.15, -0.1) is 0 Å². The molecule has 0 bridgehead atoms. The second-order valence-corrected chi connectivity index (χ2v) is 7.03. The third-order valence-electron chi connectivity index (χ3n) is 4.06. The molecular formula is C22H26N2O4S. The minimum absolute atomic E-state index is 0.144. The molecule has 2 rings (SSSR count). The van der Waals surface area contributed by atoms with Crippen LogP contribution in [0.3, 0.4) is 0 Å². The average molecular weight is 415 g/mol. The average Bonchev–Trinajstić information content (AvgIpc) is 2.69. The van der Waals surface area contributed by atoms with Gasteiger partial charge in [-0.25, -0.2) is 4.79 Å². The molecule has 2 N–H and O–H groups in total. The van der Waals surface area contributed by atoms with E-state index in [1.807, 2.05) is 39.0 Å². The van der Waals surface area contributed by atoms with Crippen LogP contribution in [0.5, 0.6) is 5.75 Å². The fourth-order valence-electron chi connectivity index (χ4n) is 2.41. The van der Waals surface area contributed by atoms with Gasteiger partial charge in [-0.05, 0) is 73.9 Å². The predicted molar refractivity (Wildman–Crippen MR) is 117 cm³/mol. The number of hydrogen-bond donors (Lipinski definition) is 2. The molecule has 2 aromatic carbocycles. The van der Waals surface area contributed by atoms with Crippen molar-refractivity contribution in [1.82, 2.24) is 5.32 Å². The van der Waals surface area contributed by atoms with Gasteiger partial charge in [-0.3, -0.25) is 10.1 Å². The first kappa shape index (κ1) is 22.4. The summed E-state index contributed by atoms with van der Waals surface area (Å²) in [5.41, 5.74) is 3.12. The SMILES string of the molecule is CCCCOC(=O)c1ccc(NC(=S)NC(=O)COc2cc(C)ccc2C)cc1. The van der Waals surface area contributed by atoms with Crippen molar-refractivity contribution in [2.45, 2.75) is 33.6 Å². The molecule has 154 valence electrons. The zero-order valence-electron chi connectivity index (χ0n) is 16.9. The van der Waals surface area contributed by atoms with E-state index in [1.165, 1.54) is 0 Å². The molecule has 0 fully saturated rings. The zero-order chi connectivity index (χ0) is 21.2. The van der Waals surface area contributed by atoms with Crippen molar-refractivity contribution in [1.29, 1.82) is 0 Å². The van der Waals surface area contributed by atoms with Crippen LogP contribution in [0.2, 0.25) is 0 Å². The van der Waals surface area contributed by atoms with Crippen molar-refractivity contribution < 1.29 is 19.1 Å². The van der Waals surface area contributed by atoms with E-state index in [0.29, 0.717) is 23.6 Å². The maximum Gasteiger partial charge on any atom is 0.338 e. The lowest BCUT2D eigenvalue weighted by atomic mass is 10.1. The third-order valence-corrected chi connectivity index (χ3v) is 4.27. The van der Waals surface area contributed by atoms with Crippen molar-refractivity contribution in [2.24, 2.45) is 0 Å². The number of hydrogen-bond acceptors (Lipinski definition) is 5. The Bertz CT molecular complexity index is 866. The molecule has 0 aliphatic rings. The third kappa shape index (κ3) is 7.54. The zero-order valence-corrected chi connectivity index (χ0v) is 17.7. The number of nitrogens with one attached hydrogen (secondary N) is 2. The van der Waals surface area contributed by atoms with E-state index in [4.69, 9.17) is 21.7 Å². The first-order valence-corrected chi connectivity index (χ1v) is 9.88. The number of benzene rings is 2. The Morgan fingerprint density at radius 2 is 1.79 bits per heavy atom. The summed E-state index contributed by atoms with van der Waals surface area (Å²) in [7, 11) is 0. The number of ether oxygens (including phenoxy) is 2. The number of unbranched alkanes of at least 4 members (excludes halogenated alkanes) is 1. The molecule has 0 saturated heterocycles. The van der Waals surface area contributed by atoms with E-state index in [-0.39, 0.29) is 23.6 Å². The van der Waals surface area contributed by atoms with Crippen LogP contribution < -0.4 is 15.4 Å². The Kier molecular flexibility index (Phi) is 8.61. The second-order valence-electron chi connectivity index (χ2n) is 6.63. The van der Waals surface area contributed by atoms with Crippen molar-refractivity contribution in [3.8, 4) is 5.75 Å². The number of carbonyl (C=O) groups is 2. The fourth-order valence-corrected chi connectivity index (χ4v) is 2.65. The summed E-state index contributed by atoms with van der Waals surface area (Å²) in [6, 6.07) is 12.5. The van der Waals surface area contributed by atoms with Crippen LogP contribution in [0.25, 0.3) is 0 Å². The molecule has 0 aliphatic carbocycles. The highest BCUT2D eigenvalue weighted by molar-refractivity contribution is 7.80. The number of anilines is 1. The van der Waals surface area contributed by atoms with E-state index in [9.17, 15) is 9.59 Å². The Morgan fingerprint density at radius 3 is 2.48 bits per heavy atom. The monoisotopic (exact) mass is 414 g/mol. The van der Waals surface area contributed by atoms with Gasteiger partial charge >= 0.3 is 5.97 Å². The van der Waals surface area contributed by atoms with Gasteiger partial charge in [0, 0.05) is 5.69 Å². The summed E-state index contributed by atoms with van der Waals surface area (Å²) >= 11 is 5.15. The molecule has 2 aromatic rings. The summed E-state index contributed by atoms with van der Waals surface area (Å²) in [6.07, 6.45) is 1.81. The summed E-state index contributed by atoms with van der Waals surface area (Å²) in [5.74, 6) is -0.0514. The summed E-state index contributed by atoms with van der Waals surface area (Å²) in [6.45, 7) is 6.18. The molecule has 0 aliphatic heterocycles. The normalized spacial score (nSPS) is 10.2. The minimum Gasteiger partial charge on any atom is -0.483 e. The first-order chi connectivity index (χ1) is 13.9. The lowest BCUT2D eigenvalue weighted by Crippen LogP contribution is -2.37. The summed E-state index contributed by atoms with van der Waals surface area (Å²) in [4.78, 5) is 24.0. The highest BCUT2D eigenvalue weighted by Gasteiger charge is 2.09. The Hall–Kier alpha value is -2.93. The molecule has 0 unspecified atom stereocenters. The molecule has 0 saturated carbocycles. The van der Waals surface area contributed by atoms with Crippen molar-refractivity contribution in [3.05, 3.63) is 59.2 Å². The van der Waals surface area contributed by atoms with Crippen molar-refractivity contribution in [3.63, 3.8) is 0 Å². The van der Waals surface area contributed by atoms with Crippen LogP contribution >= 0.6 is 12.2 Å². The van der Waals surface area contributed by atoms with E-state index < -0.39 is 0 Å². The lowest BCUT2D eigenvalue weighted by Gasteiger charge is -2.12. The topological polar surface area (TPSA) is 76.7 Å². The molecule has 0 aromatic heterocycles.